The van der Waals surface area contributed by atoms with Crippen LogP contribution in [-0.4, -0.2) is 212 Å². The maximum Gasteiger partial charge on any atom is 0.182 e. The number of aryl methyl sites for hydroxylation is 1. The molecule has 10 aromatic heterocycles. The number of anilines is 8. The van der Waals surface area contributed by atoms with Crippen LogP contribution in [0.15, 0.2) is 136 Å². The van der Waals surface area contributed by atoms with Crippen LogP contribution in [0.2, 0.25) is 5.02 Å². The lowest BCUT2D eigenvalue weighted by atomic mass is 10.1. The number of rotatable bonds is 9. The smallest absolute Gasteiger partial charge is 0.182 e. The molecule has 13 aromatic rings. The topological polar surface area (TPSA) is 307 Å². The van der Waals surface area contributed by atoms with Crippen molar-refractivity contribution in [3.05, 3.63) is 147 Å². The summed E-state index contributed by atoms with van der Waals surface area (Å²) in [6.45, 7) is 16.6. The summed E-state index contributed by atoms with van der Waals surface area (Å²) in [7, 11) is 1.71. The number of hydrogen-bond donors (Lipinski definition) is 5. The molecule has 30 heteroatoms. The minimum absolute atomic E-state index is 0.692. The van der Waals surface area contributed by atoms with Gasteiger partial charge in [-0.1, -0.05) is 54.1 Å². The van der Waals surface area contributed by atoms with Crippen LogP contribution >= 0.6 is 11.6 Å². The van der Waals surface area contributed by atoms with Crippen LogP contribution < -0.4 is 43.9 Å². The van der Waals surface area contributed by atoms with Crippen molar-refractivity contribution < 1.29 is 4.74 Å². The summed E-state index contributed by atoms with van der Waals surface area (Å²) in [6.07, 6.45) is 16.1. The minimum Gasteiger partial charge on any atom is -0.495 e. The van der Waals surface area contributed by atoms with Gasteiger partial charge in [0.2, 0.25) is 0 Å². The van der Waals surface area contributed by atoms with Gasteiger partial charge in [0.15, 0.2) is 57.3 Å². The number of nitrogens with zero attached hydrogens (tertiary/aromatic N) is 23. The largest absolute Gasteiger partial charge is 0.495 e. The first-order valence-corrected chi connectivity index (χ1v) is 30.4. The second-order valence-corrected chi connectivity index (χ2v) is 22.2. The molecule has 0 atom stereocenters. The Morgan fingerprint density at radius 1 is 0.308 bits per heavy atom. The van der Waals surface area contributed by atoms with Crippen LogP contribution in [0.1, 0.15) is 5.56 Å². The maximum absolute atomic E-state index is 6.29. The van der Waals surface area contributed by atoms with Crippen LogP contribution in [0.25, 0.3) is 55.8 Å². The fourth-order valence-electron chi connectivity index (χ4n) is 12.1. The molecule has 0 amide bonds. The second-order valence-electron chi connectivity index (χ2n) is 21.8. The molecule has 14 heterocycles. The number of aromatic amines is 5. The monoisotopic (exact) mass is 1240 g/mol. The third kappa shape index (κ3) is 12.2. The number of halogens is 1. The van der Waals surface area contributed by atoms with Gasteiger partial charge in [0.05, 0.1) is 55.1 Å². The molecule has 5 N–H and O–H groups in total. The molecule has 4 aliphatic heterocycles. The lowest BCUT2D eigenvalue weighted by Crippen LogP contribution is -2.47. The first-order valence-electron chi connectivity index (χ1n) is 30.1. The Morgan fingerprint density at radius 3 is 0.890 bits per heavy atom. The molecule has 0 aliphatic carbocycles. The standard InChI is InChI=1S/C16H18N6O.C16H18N6.C15H15ClN6.C14H14N10/c1-23-13-5-3-2-4-12(13)21-6-8-22(9-7-21)16-14-15(18-10-17-14)19-11-20-16;1-12-4-2-3-5-13(12)21-6-8-22(9-7-21)16-14-15(18-10-17-14)19-11-20-16;16-11-3-1-2-4-12(11)21-5-7-22(8-6-21)15-13-14(18-9-17-13)19-10-20-15;1-2-24(14-10-12(18-6-16-10)20-8-22-14)4-3-23(1)13-9-11(17-5-15-9)19-7-21-13/h2-5,10-11H,6-9H2,1H3,(H,17,18,19,20);2-5,10-11H,6-9H2,1H3,(H,17,18,19,20);1-4,9-10H,5-8H2,(H,17,18,19,20);5-8H,1-4H2,(H,15,17,19,21)(H,16,18,20,22). The minimum atomic E-state index is 0.692. The van der Waals surface area contributed by atoms with Crippen LogP contribution in [0.5, 0.6) is 5.75 Å². The van der Waals surface area contributed by atoms with E-state index in [1.165, 1.54) is 11.3 Å². The van der Waals surface area contributed by atoms with Gasteiger partial charge in [0.1, 0.15) is 65.0 Å². The summed E-state index contributed by atoms with van der Waals surface area (Å²) < 4.78 is 5.47. The van der Waals surface area contributed by atoms with E-state index in [-0.39, 0.29) is 0 Å². The molecular weight excluding hydrogens is 1180 g/mol. The van der Waals surface area contributed by atoms with Gasteiger partial charge in [-0.15, -0.1) is 0 Å². The van der Waals surface area contributed by atoms with Crippen molar-refractivity contribution in [2.75, 3.05) is 151 Å². The van der Waals surface area contributed by atoms with Crippen molar-refractivity contribution in [3.8, 4) is 5.75 Å². The van der Waals surface area contributed by atoms with Gasteiger partial charge in [0.25, 0.3) is 0 Å². The Morgan fingerprint density at radius 2 is 0.571 bits per heavy atom. The number of para-hydroxylation sites is 4. The molecule has 91 heavy (non-hydrogen) atoms. The Bertz CT molecular complexity index is 4320. The summed E-state index contributed by atoms with van der Waals surface area (Å²) in [5.41, 5.74) is 12.9. The van der Waals surface area contributed by atoms with E-state index in [9.17, 15) is 0 Å². The van der Waals surface area contributed by atoms with E-state index in [1.54, 1.807) is 70.4 Å². The summed E-state index contributed by atoms with van der Waals surface area (Å²) in [4.78, 5) is 98.0. The molecule has 17 rings (SSSR count). The van der Waals surface area contributed by atoms with E-state index in [0.29, 0.717) is 22.6 Å². The van der Waals surface area contributed by atoms with E-state index in [4.69, 9.17) is 16.3 Å². The van der Waals surface area contributed by atoms with Gasteiger partial charge in [-0.2, -0.15) is 0 Å². The van der Waals surface area contributed by atoms with E-state index >= 15 is 0 Å². The molecule has 3 aromatic carbocycles. The first kappa shape index (κ1) is 57.6. The Labute approximate surface area is 526 Å². The van der Waals surface area contributed by atoms with E-state index in [0.717, 1.165) is 189 Å². The number of nitrogens with one attached hydrogen (secondary N) is 5. The van der Waals surface area contributed by atoms with Gasteiger partial charge in [-0.25, -0.2) is 74.8 Å². The summed E-state index contributed by atoms with van der Waals surface area (Å²) in [5, 5.41) is 0.800. The van der Waals surface area contributed by atoms with E-state index < -0.39 is 0 Å². The Balaban J connectivity index is 0.000000106. The number of methoxy groups -OCH3 is 1. The predicted molar refractivity (Wildman–Crippen MR) is 352 cm³/mol. The molecule has 0 unspecified atom stereocenters. The van der Waals surface area contributed by atoms with Crippen LogP contribution in [0.4, 0.5) is 46.2 Å². The predicted octanol–water partition coefficient (Wildman–Crippen LogP) is 6.35. The number of aromatic nitrogens is 20. The maximum atomic E-state index is 6.29. The molecule has 462 valence electrons. The number of hydrogen-bond acceptors (Lipinski definition) is 24. The van der Waals surface area contributed by atoms with E-state index in [2.05, 4.69) is 182 Å². The molecule has 0 spiro atoms. The lowest BCUT2D eigenvalue weighted by molar-refractivity contribution is 0.413. The quantitative estimate of drug-likeness (QED) is 0.105. The SMILES string of the molecule is COc1ccccc1N1CCN(c2ncnc3nc[nH]c23)CC1.Cc1ccccc1N1CCN(c2ncnc3nc[nH]c23)CC1.Clc1ccccc1N1CCN(c2ncnc3nc[nH]c23)CC1.c1nc(N2CCN(c3ncnc4nc[nH]c34)CC2)c2[nH]cnc2n1. The van der Waals surface area contributed by atoms with Crippen LogP contribution in [-0.2, 0) is 0 Å². The highest BCUT2D eigenvalue weighted by Gasteiger charge is 2.27. The van der Waals surface area contributed by atoms with Crippen LogP contribution in [0.3, 0.4) is 0 Å². The second kappa shape index (κ2) is 26.3. The highest BCUT2D eigenvalue weighted by atomic mass is 35.5. The molecule has 29 nitrogen and oxygen atoms in total. The zero-order valence-electron chi connectivity index (χ0n) is 50.1. The van der Waals surface area contributed by atoms with Crippen molar-refractivity contribution >= 4 is 114 Å². The number of H-pyrrole nitrogens is 5. The summed E-state index contributed by atoms with van der Waals surface area (Å²) in [6, 6.07) is 24.7. The highest BCUT2D eigenvalue weighted by molar-refractivity contribution is 6.33. The fourth-order valence-corrected chi connectivity index (χ4v) is 12.3. The average Bonchev–Trinajstić information content (AvgIpc) is 2.25. The molecule has 4 saturated heterocycles. The van der Waals surface area contributed by atoms with Gasteiger partial charge in [0, 0.05) is 110 Å². The number of imidazole rings is 5. The number of piperazine rings is 4. The van der Waals surface area contributed by atoms with Gasteiger partial charge < -0.3 is 68.9 Å². The molecule has 0 radical (unpaired) electrons. The molecule has 4 aliphatic rings. The van der Waals surface area contributed by atoms with Gasteiger partial charge in [-0.3, -0.25) is 0 Å². The van der Waals surface area contributed by atoms with Crippen molar-refractivity contribution in [3.63, 3.8) is 0 Å². The third-order valence-corrected chi connectivity index (χ3v) is 17.0. The van der Waals surface area contributed by atoms with Gasteiger partial charge in [-0.05, 0) is 42.8 Å². The molecule has 0 bridgehead atoms. The first-order chi connectivity index (χ1) is 44.9. The Hall–Kier alpha value is -11.1. The van der Waals surface area contributed by atoms with Crippen molar-refractivity contribution in [1.82, 2.24) is 99.7 Å². The molecular formula is C61H65ClN28O. The van der Waals surface area contributed by atoms with Crippen molar-refractivity contribution in [1.29, 1.82) is 0 Å². The normalized spacial score (nSPS) is 15.4. The number of ether oxygens (including phenoxy) is 1. The highest BCUT2D eigenvalue weighted by Crippen LogP contribution is 2.32. The summed E-state index contributed by atoms with van der Waals surface area (Å²) in [5.74, 6) is 5.50. The van der Waals surface area contributed by atoms with Gasteiger partial charge >= 0.3 is 0 Å². The number of fused-ring (bicyclic) bond motifs is 5. The molecule has 0 saturated carbocycles. The average molecular weight is 1240 g/mol. The van der Waals surface area contributed by atoms with E-state index in [1.807, 2.05) is 36.4 Å². The zero-order chi connectivity index (χ0) is 61.5. The molecule has 4 fully saturated rings. The Kier molecular flexibility index (Phi) is 16.7. The third-order valence-electron chi connectivity index (χ3n) is 16.7. The van der Waals surface area contributed by atoms with Crippen LogP contribution in [0, 0.1) is 6.92 Å². The zero-order valence-corrected chi connectivity index (χ0v) is 50.8. The number of benzene rings is 3. The lowest BCUT2D eigenvalue weighted by Gasteiger charge is -2.37. The summed E-state index contributed by atoms with van der Waals surface area (Å²) >= 11 is 6.29. The van der Waals surface area contributed by atoms with Crippen molar-refractivity contribution in [2.24, 2.45) is 0 Å². The van der Waals surface area contributed by atoms with Crippen molar-refractivity contribution in [2.45, 2.75) is 6.92 Å². The fraction of sp³-hybridized carbons (Fsp3) is 0.295.